The molecule has 0 unspecified atom stereocenters. The highest BCUT2D eigenvalue weighted by Crippen LogP contribution is 2.33. The van der Waals surface area contributed by atoms with Crippen molar-refractivity contribution in [2.24, 2.45) is 0 Å². The molecule has 5 N–H and O–H groups in total. The van der Waals surface area contributed by atoms with Gasteiger partial charge in [-0.05, 0) is 36.1 Å². The molecular weight excluding hydrogens is 300 g/mol. The lowest BCUT2D eigenvalue weighted by atomic mass is 10.1. The van der Waals surface area contributed by atoms with Crippen LogP contribution in [0.1, 0.15) is 34.1 Å². The molecule has 1 heterocycles. The van der Waals surface area contributed by atoms with Gasteiger partial charge in [-0.25, -0.2) is 4.79 Å². The molecule has 0 spiro atoms. The Bertz CT molecular complexity index is 884. The molecule has 1 aliphatic rings. The van der Waals surface area contributed by atoms with Gasteiger partial charge in [0.25, 0.3) is 11.5 Å². The molecular formula is C15H16N4O4. The number of nitrogens with one attached hydrogen (secondary N) is 3. The number of methoxy groups -OCH3 is 1. The fraction of sp³-hybridized carbons (Fsp3) is 0.267. The van der Waals surface area contributed by atoms with E-state index in [1.165, 1.54) is 0 Å². The Kier molecular flexibility index (Phi) is 3.65. The summed E-state index contributed by atoms with van der Waals surface area (Å²) in [5.41, 5.74) is 5.57. The number of carbonyl (C=O) groups excluding carboxylic acids is 1. The highest BCUT2D eigenvalue weighted by atomic mass is 16.5. The van der Waals surface area contributed by atoms with Crippen molar-refractivity contribution in [3.63, 3.8) is 0 Å². The van der Waals surface area contributed by atoms with Crippen molar-refractivity contribution in [3.05, 3.63) is 55.9 Å². The molecule has 0 fully saturated rings. The molecule has 3 rings (SSSR count). The molecule has 0 aliphatic heterocycles. The lowest BCUT2D eigenvalue weighted by Crippen LogP contribution is -2.34. The first-order chi connectivity index (χ1) is 11.0. The van der Waals surface area contributed by atoms with Crippen LogP contribution >= 0.6 is 0 Å². The predicted molar refractivity (Wildman–Crippen MR) is 83.6 cm³/mol. The number of nitrogens with two attached hydrogens (primary N) is 1. The SMILES string of the molecule is COc1ccc2c(c1)CC[C@H]2NC(=O)c1[nH]c(=O)[nH]c(=O)c1N. The van der Waals surface area contributed by atoms with Crippen molar-refractivity contribution in [2.75, 3.05) is 12.8 Å². The second-order valence-electron chi connectivity index (χ2n) is 5.33. The Hall–Kier alpha value is -3.03. The van der Waals surface area contributed by atoms with E-state index in [2.05, 4.69) is 10.3 Å². The fourth-order valence-corrected chi connectivity index (χ4v) is 2.78. The zero-order valence-corrected chi connectivity index (χ0v) is 12.4. The number of hydrogen-bond donors (Lipinski definition) is 4. The van der Waals surface area contributed by atoms with Crippen molar-refractivity contribution < 1.29 is 9.53 Å². The summed E-state index contributed by atoms with van der Waals surface area (Å²) in [7, 11) is 1.60. The van der Waals surface area contributed by atoms with Crippen LogP contribution in [0, 0.1) is 0 Å². The van der Waals surface area contributed by atoms with Gasteiger partial charge in [0.2, 0.25) is 0 Å². The summed E-state index contributed by atoms with van der Waals surface area (Å²) < 4.78 is 5.19. The quantitative estimate of drug-likeness (QED) is 0.636. The number of ether oxygens (including phenoxy) is 1. The van der Waals surface area contributed by atoms with Gasteiger partial charge in [0.05, 0.1) is 13.2 Å². The topological polar surface area (TPSA) is 130 Å². The van der Waals surface area contributed by atoms with Gasteiger partial charge in [0, 0.05) is 0 Å². The van der Waals surface area contributed by atoms with Gasteiger partial charge in [0.1, 0.15) is 17.1 Å². The first kappa shape index (κ1) is 14.9. The number of nitrogen functional groups attached to an aromatic ring is 1. The maximum absolute atomic E-state index is 12.3. The van der Waals surface area contributed by atoms with Gasteiger partial charge in [-0.15, -0.1) is 0 Å². The van der Waals surface area contributed by atoms with E-state index in [0.29, 0.717) is 0 Å². The first-order valence-corrected chi connectivity index (χ1v) is 7.09. The van der Waals surface area contributed by atoms with Gasteiger partial charge in [0.15, 0.2) is 0 Å². The van der Waals surface area contributed by atoms with Crippen LogP contribution in [0.3, 0.4) is 0 Å². The fourth-order valence-electron chi connectivity index (χ4n) is 2.78. The zero-order valence-electron chi connectivity index (χ0n) is 12.4. The number of aromatic amines is 2. The summed E-state index contributed by atoms with van der Waals surface area (Å²) >= 11 is 0. The summed E-state index contributed by atoms with van der Waals surface area (Å²) in [5.74, 6) is 0.179. The Labute approximate surface area is 130 Å². The molecule has 0 saturated carbocycles. The number of hydrogen-bond acceptors (Lipinski definition) is 5. The standard InChI is InChI=1S/C15H16N4O4/c1-23-8-3-4-9-7(6-8)2-5-10(9)17-14(21)12-11(16)13(20)19-15(22)18-12/h3-4,6,10H,2,5,16H2,1H3,(H,17,21)(H2,18,19,20,22)/t10-/m1/s1. The number of anilines is 1. The minimum Gasteiger partial charge on any atom is -0.497 e. The van der Waals surface area contributed by atoms with E-state index in [0.717, 1.165) is 29.7 Å². The average Bonchev–Trinajstić information content (AvgIpc) is 2.92. The molecule has 0 radical (unpaired) electrons. The molecule has 1 aromatic carbocycles. The van der Waals surface area contributed by atoms with Crippen LogP contribution < -0.4 is 27.0 Å². The van der Waals surface area contributed by atoms with E-state index in [1.54, 1.807) is 7.11 Å². The Morgan fingerprint density at radius 3 is 2.87 bits per heavy atom. The van der Waals surface area contributed by atoms with Gasteiger partial charge >= 0.3 is 5.69 Å². The number of carbonyl (C=O) groups is 1. The van der Waals surface area contributed by atoms with Crippen LogP contribution in [0.2, 0.25) is 0 Å². The van der Waals surface area contributed by atoms with Crippen molar-refractivity contribution >= 4 is 11.6 Å². The molecule has 1 aliphatic carbocycles. The van der Waals surface area contributed by atoms with E-state index in [-0.39, 0.29) is 17.4 Å². The van der Waals surface area contributed by atoms with E-state index in [1.807, 2.05) is 23.2 Å². The van der Waals surface area contributed by atoms with Gasteiger partial charge in [-0.1, -0.05) is 6.07 Å². The molecule has 1 aromatic heterocycles. The first-order valence-electron chi connectivity index (χ1n) is 7.09. The van der Waals surface area contributed by atoms with Crippen molar-refractivity contribution in [1.82, 2.24) is 15.3 Å². The van der Waals surface area contributed by atoms with Crippen LogP contribution in [0.5, 0.6) is 5.75 Å². The highest BCUT2D eigenvalue weighted by Gasteiger charge is 2.26. The summed E-state index contributed by atoms with van der Waals surface area (Å²) in [6.07, 6.45) is 1.53. The molecule has 8 nitrogen and oxygen atoms in total. The summed E-state index contributed by atoms with van der Waals surface area (Å²) in [5, 5.41) is 2.80. The number of H-pyrrole nitrogens is 2. The molecule has 2 aromatic rings. The zero-order chi connectivity index (χ0) is 16.6. The second-order valence-corrected chi connectivity index (χ2v) is 5.33. The number of amides is 1. The largest absolute Gasteiger partial charge is 0.497 e. The van der Waals surface area contributed by atoms with Crippen molar-refractivity contribution in [2.45, 2.75) is 18.9 Å². The van der Waals surface area contributed by atoms with Crippen LogP contribution in [0.4, 0.5) is 5.69 Å². The highest BCUT2D eigenvalue weighted by molar-refractivity contribution is 5.97. The molecule has 8 heteroatoms. The molecule has 0 bridgehead atoms. The second kappa shape index (κ2) is 5.64. The van der Waals surface area contributed by atoms with Crippen LogP contribution in [0.15, 0.2) is 27.8 Å². The predicted octanol–water partition coefficient (Wildman–Crippen LogP) is 0.0713. The monoisotopic (exact) mass is 316 g/mol. The summed E-state index contributed by atoms with van der Waals surface area (Å²) in [4.78, 5) is 39.3. The number of aryl methyl sites for hydroxylation is 1. The third-order valence-corrected chi connectivity index (χ3v) is 3.94. The number of benzene rings is 1. The van der Waals surface area contributed by atoms with Crippen LogP contribution in [-0.2, 0) is 6.42 Å². The lowest BCUT2D eigenvalue weighted by Gasteiger charge is -2.15. The molecule has 1 amide bonds. The molecule has 1 atom stereocenters. The minimum absolute atomic E-state index is 0.203. The van der Waals surface area contributed by atoms with Crippen LogP contribution in [0.25, 0.3) is 0 Å². The van der Waals surface area contributed by atoms with Gasteiger partial charge < -0.3 is 20.8 Å². The normalized spacial score (nSPS) is 16.0. The van der Waals surface area contributed by atoms with Crippen molar-refractivity contribution in [1.29, 1.82) is 0 Å². The average molecular weight is 316 g/mol. The Balaban J connectivity index is 1.86. The third kappa shape index (κ3) is 2.70. The minimum atomic E-state index is -0.782. The van der Waals surface area contributed by atoms with E-state index >= 15 is 0 Å². The van der Waals surface area contributed by atoms with E-state index in [9.17, 15) is 14.4 Å². The molecule has 23 heavy (non-hydrogen) atoms. The molecule has 0 saturated heterocycles. The van der Waals surface area contributed by atoms with Gasteiger partial charge in [-0.2, -0.15) is 0 Å². The van der Waals surface area contributed by atoms with E-state index in [4.69, 9.17) is 10.5 Å². The lowest BCUT2D eigenvalue weighted by molar-refractivity contribution is 0.0932. The third-order valence-electron chi connectivity index (χ3n) is 3.94. The Morgan fingerprint density at radius 2 is 2.13 bits per heavy atom. The summed E-state index contributed by atoms with van der Waals surface area (Å²) in [6, 6.07) is 5.46. The number of fused-ring (bicyclic) bond motifs is 1. The maximum atomic E-state index is 12.3. The smallest absolute Gasteiger partial charge is 0.326 e. The van der Waals surface area contributed by atoms with Gasteiger partial charge in [-0.3, -0.25) is 14.6 Å². The van der Waals surface area contributed by atoms with Crippen LogP contribution in [-0.4, -0.2) is 23.0 Å². The summed E-state index contributed by atoms with van der Waals surface area (Å²) in [6.45, 7) is 0. The number of rotatable bonds is 3. The van der Waals surface area contributed by atoms with Crippen molar-refractivity contribution in [3.8, 4) is 5.75 Å². The Morgan fingerprint density at radius 1 is 1.35 bits per heavy atom. The molecule has 120 valence electrons. The van der Waals surface area contributed by atoms with E-state index < -0.39 is 17.2 Å². The maximum Gasteiger partial charge on any atom is 0.326 e. The number of aromatic nitrogens is 2.